The number of furan rings is 1. The van der Waals surface area contributed by atoms with Crippen LogP contribution in [0.15, 0.2) is 87.8 Å². The Kier molecular flexibility index (Phi) is 7.03. The van der Waals surface area contributed by atoms with E-state index in [9.17, 15) is 10.1 Å². The van der Waals surface area contributed by atoms with Crippen LogP contribution in [0.3, 0.4) is 0 Å². The first-order chi connectivity index (χ1) is 16.1. The largest absolute Gasteiger partial charge is 0.458 e. The number of nitrogens with zero attached hydrogens (tertiary/aromatic N) is 2. The number of benzene rings is 1. The van der Waals surface area contributed by atoms with Crippen LogP contribution in [0.1, 0.15) is 17.2 Å². The number of hydrogen-bond acceptors (Lipinski definition) is 7. The molecule has 0 aliphatic heterocycles. The van der Waals surface area contributed by atoms with Gasteiger partial charge in [0.25, 0.3) is 0 Å². The number of aromatic nitrogens is 1. The van der Waals surface area contributed by atoms with E-state index in [0.29, 0.717) is 27.3 Å². The fourth-order valence-electron chi connectivity index (χ4n) is 3.13. The van der Waals surface area contributed by atoms with E-state index in [4.69, 9.17) is 13.9 Å². The second-order valence-corrected chi connectivity index (χ2v) is 8.48. The van der Waals surface area contributed by atoms with Crippen molar-refractivity contribution in [3.05, 3.63) is 94.5 Å². The van der Waals surface area contributed by atoms with Crippen molar-refractivity contribution in [1.82, 2.24) is 4.98 Å². The molecule has 1 atom stereocenters. The van der Waals surface area contributed by atoms with Crippen LogP contribution in [0, 0.1) is 11.3 Å². The minimum atomic E-state index is -1.12. The maximum absolute atomic E-state index is 12.9. The van der Waals surface area contributed by atoms with Crippen molar-refractivity contribution >= 4 is 33.2 Å². The summed E-state index contributed by atoms with van der Waals surface area (Å²) in [5, 5.41) is 11.9. The Balaban J connectivity index is 1.85. The predicted octanol–water partition coefficient (Wildman–Crippen LogP) is 6.55. The standard InChI is InChI=1S/C25H17BrN2O4S/c1-2-12-30-25(29)23(16-7-4-3-5-8-16)32-24-18(15-27)17(20-10-11-22(26)31-20)14-19(28-24)21-9-6-13-33-21/h2-11,13-14,23H,1,12H2. The Hall–Kier alpha value is -3.67. The zero-order chi connectivity index (χ0) is 23.2. The summed E-state index contributed by atoms with van der Waals surface area (Å²) >= 11 is 4.80. The molecule has 0 saturated heterocycles. The van der Waals surface area contributed by atoms with E-state index in [-0.39, 0.29) is 18.1 Å². The lowest BCUT2D eigenvalue weighted by atomic mass is 10.1. The minimum Gasteiger partial charge on any atom is -0.458 e. The summed E-state index contributed by atoms with van der Waals surface area (Å²) in [5.41, 5.74) is 1.81. The van der Waals surface area contributed by atoms with Crippen molar-refractivity contribution in [1.29, 1.82) is 5.26 Å². The van der Waals surface area contributed by atoms with Gasteiger partial charge in [-0.25, -0.2) is 9.78 Å². The number of thiophene rings is 1. The molecule has 1 aromatic carbocycles. The number of carbonyl (C=O) groups excluding carboxylic acids is 1. The fraction of sp³-hybridized carbons (Fsp3) is 0.0800. The second-order valence-electron chi connectivity index (χ2n) is 6.76. The van der Waals surface area contributed by atoms with Gasteiger partial charge in [0.15, 0.2) is 4.67 Å². The molecule has 0 aliphatic carbocycles. The molecule has 4 rings (SSSR count). The summed E-state index contributed by atoms with van der Waals surface area (Å²) in [5.74, 6) is -0.139. The van der Waals surface area contributed by atoms with Crippen LogP contribution in [0.4, 0.5) is 0 Å². The molecular formula is C25H17BrN2O4S. The number of carbonyl (C=O) groups is 1. The van der Waals surface area contributed by atoms with Crippen LogP contribution in [-0.2, 0) is 9.53 Å². The lowest BCUT2D eigenvalue weighted by Crippen LogP contribution is -2.22. The first-order valence-electron chi connectivity index (χ1n) is 9.84. The molecule has 6 nitrogen and oxygen atoms in total. The molecule has 8 heteroatoms. The molecule has 33 heavy (non-hydrogen) atoms. The summed E-state index contributed by atoms with van der Waals surface area (Å²) < 4.78 is 17.6. The smallest absolute Gasteiger partial charge is 0.352 e. The molecular weight excluding hydrogens is 504 g/mol. The molecule has 1 unspecified atom stereocenters. The number of ether oxygens (including phenoxy) is 2. The second kappa shape index (κ2) is 10.3. The summed E-state index contributed by atoms with van der Waals surface area (Å²) in [6.07, 6.45) is 0.351. The minimum absolute atomic E-state index is 0.00956. The van der Waals surface area contributed by atoms with Gasteiger partial charge < -0.3 is 13.9 Å². The van der Waals surface area contributed by atoms with Gasteiger partial charge in [-0.05, 0) is 45.6 Å². The van der Waals surface area contributed by atoms with E-state index < -0.39 is 12.1 Å². The van der Waals surface area contributed by atoms with E-state index in [1.807, 2.05) is 23.6 Å². The number of hydrogen-bond donors (Lipinski definition) is 0. The normalized spacial score (nSPS) is 11.4. The quantitative estimate of drug-likeness (QED) is 0.193. The van der Waals surface area contributed by atoms with Gasteiger partial charge in [-0.3, -0.25) is 0 Å². The number of pyridine rings is 1. The molecule has 3 heterocycles. The molecule has 0 saturated carbocycles. The first kappa shape index (κ1) is 22.5. The third kappa shape index (κ3) is 5.06. The molecule has 0 fully saturated rings. The van der Waals surface area contributed by atoms with Crippen LogP contribution in [0.5, 0.6) is 5.88 Å². The summed E-state index contributed by atoms with van der Waals surface area (Å²) in [6, 6.07) is 20.1. The van der Waals surface area contributed by atoms with Crippen molar-refractivity contribution in [2.24, 2.45) is 0 Å². The topological polar surface area (TPSA) is 85.3 Å². The average molecular weight is 521 g/mol. The van der Waals surface area contributed by atoms with Gasteiger partial charge in [-0.1, -0.05) is 49.1 Å². The molecule has 4 aromatic rings. The monoisotopic (exact) mass is 520 g/mol. The third-order valence-corrected chi connectivity index (χ3v) is 5.92. The molecule has 0 radical (unpaired) electrons. The van der Waals surface area contributed by atoms with Crippen LogP contribution in [0.25, 0.3) is 21.9 Å². The highest BCUT2D eigenvalue weighted by Crippen LogP contribution is 2.37. The highest BCUT2D eigenvalue weighted by molar-refractivity contribution is 9.10. The van der Waals surface area contributed by atoms with Gasteiger partial charge in [0.05, 0.1) is 10.6 Å². The Morgan fingerprint density at radius 2 is 2.06 bits per heavy atom. The van der Waals surface area contributed by atoms with E-state index in [0.717, 1.165) is 4.88 Å². The van der Waals surface area contributed by atoms with Crippen molar-refractivity contribution < 1.29 is 18.7 Å². The number of halogens is 1. The van der Waals surface area contributed by atoms with Crippen LogP contribution >= 0.6 is 27.3 Å². The van der Waals surface area contributed by atoms with Gasteiger partial charge in [0, 0.05) is 11.1 Å². The highest BCUT2D eigenvalue weighted by Gasteiger charge is 2.28. The zero-order valence-corrected chi connectivity index (χ0v) is 19.6. The molecule has 0 aliphatic rings. The number of rotatable bonds is 8. The maximum atomic E-state index is 12.9. The first-order valence-corrected chi connectivity index (χ1v) is 11.5. The lowest BCUT2D eigenvalue weighted by molar-refractivity contribution is -0.151. The van der Waals surface area contributed by atoms with Gasteiger partial charge in [0.2, 0.25) is 12.0 Å². The number of nitriles is 1. The molecule has 0 amide bonds. The Morgan fingerprint density at radius 1 is 1.24 bits per heavy atom. The summed E-state index contributed by atoms with van der Waals surface area (Å²) in [4.78, 5) is 18.3. The maximum Gasteiger partial charge on any atom is 0.352 e. The van der Waals surface area contributed by atoms with Crippen molar-refractivity contribution in [2.45, 2.75) is 6.10 Å². The molecule has 0 N–H and O–H groups in total. The van der Waals surface area contributed by atoms with Crippen LogP contribution in [-0.4, -0.2) is 17.6 Å². The van der Waals surface area contributed by atoms with E-state index >= 15 is 0 Å². The van der Waals surface area contributed by atoms with Crippen molar-refractivity contribution in [2.75, 3.05) is 6.61 Å². The Labute approximate surface area is 202 Å². The highest BCUT2D eigenvalue weighted by atomic mass is 79.9. The average Bonchev–Trinajstić information content (AvgIpc) is 3.53. The van der Waals surface area contributed by atoms with Gasteiger partial charge in [-0.2, -0.15) is 5.26 Å². The van der Waals surface area contributed by atoms with Gasteiger partial charge in [-0.15, -0.1) is 11.3 Å². The Morgan fingerprint density at radius 3 is 2.70 bits per heavy atom. The Bertz CT molecular complexity index is 1310. The van der Waals surface area contributed by atoms with Crippen molar-refractivity contribution in [3.8, 4) is 33.8 Å². The molecule has 0 bridgehead atoms. The number of esters is 1. The van der Waals surface area contributed by atoms with Crippen LogP contribution < -0.4 is 4.74 Å². The lowest BCUT2D eigenvalue weighted by Gasteiger charge is -2.19. The summed E-state index contributed by atoms with van der Waals surface area (Å²) in [6.45, 7) is 3.61. The molecule has 0 spiro atoms. The van der Waals surface area contributed by atoms with Gasteiger partial charge >= 0.3 is 5.97 Å². The van der Waals surface area contributed by atoms with E-state index in [1.54, 1.807) is 42.5 Å². The molecule has 164 valence electrons. The predicted molar refractivity (Wildman–Crippen MR) is 129 cm³/mol. The fourth-order valence-corrected chi connectivity index (χ4v) is 4.12. The van der Waals surface area contributed by atoms with E-state index in [1.165, 1.54) is 17.4 Å². The van der Waals surface area contributed by atoms with Gasteiger partial charge in [0.1, 0.15) is 24.0 Å². The zero-order valence-electron chi connectivity index (χ0n) is 17.2. The van der Waals surface area contributed by atoms with Crippen molar-refractivity contribution in [3.63, 3.8) is 0 Å². The van der Waals surface area contributed by atoms with Crippen LogP contribution in [0.2, 0.25) is 0 Å². The summed E-state index contributed by atoms with van der Waals surface area (Å²) in [7, 11) is 0. The SMILES string of the molecule is C=CCOC(=O)C(Oc1nc(-c2cccs2)cc(-c2ccc(Br)o2)c1C#N)c1ccccc1. The third-order valence-electron chi connectivity index (χ3n) is 4.60. The van der Waals surface area contributed by atoms with E-state index in [2.05, 4.69) is 33.6 Å². The molecule has 3 aromatic heterocycles.